The van der Waals surface area contributed by atoms with E-state index in [2.05, 4.69) is 9.90 Å². The molecule has 0 saturated heterocycles. The Morgan fingerprint density at radius 3 is 2.77 bits per heavy atom. The van der Waals surface area contributed by atoms with Crippen LogP contribution >= 0.6 is 0 Å². The number of nitroso groups, excluding NO2 is 1. The van der Waals surface area contributed by atoms with Gasteiger partial charge in [-0.3, -0.25) is 4.72 Å². The summed E-state index contributed by atoms with van der Waals surface area (Å²) in [5.41, 5.74) is 1.36. The van der Waals surface area contributed by atoms with Crippen molar-refractivity contribution in [2.75, 3.05) is 11.5 Å². The van der Waals surface area contributed by atoms with E-state index in [1.807, 2.05) is 0 Å². The predicted molar refractivity (Wildman–Crippen MR) is 113 cm³/mol. The van der Waals surface area contributed by atoms with E-state index in [-0.39, 0.29) is 31.3 Å². The van der Waals surface area contributed by atoms with Crippen molar-refractivity contribution in [3.8, 4) is 11.6 Å². The van der Waals surface area contributed by atoms with Gasteiger partial charge in [0.2, 0.25) is 15.9 Å². The summed E-state index contributed by atoms with van der Waals surface area (Å²) in [6.45, 7) is 3.23. The second kappa shape index (κ2) is 7.82. The van der Waals surface area contributed by atoms with E-state index in [1.54, 1.807) is 13.8 Å². The highest BCUT2D eigenvalue weighted by Gasteiger charge is 2.23. The summed E-state index contributed by atoms with van der Waals surface area (Å²) >= 11 is 0. The second-order valence-electron chi connectivity index (χ2n) is 7.44. The summed E-state index contributed by atoms with van der Waals surface area (Å²) in [7, 11) is -3.61. The molecule has 0 unspecified atom stereocenters. The topological polar surface area (TPSA) is 119 Å². The maximum absolute atomic E-state index is 14.1. The minimum Gasteiger partial charge on any atom is -0.493 e. The van der Waals surface area contributed by atoms with Crippen LogP contribution < -0.4 is 9.46 Å². The number of anilines is 1. The summed E-state index contributed by atoms with van der Waals surface area (Å²) in [5.74, 6) is -0.483. The van der Waals surface area contributed by atoms with Gasteiger partial charge in [0.15, 0.2) is 12.5 Å². The molecular formula is C20H20FN3O6S. The van der Waals surface area contributed by atoms with Gasteiger partial charge >= 0.3 is 0 Å². The van der Waals surface area contributed by atoms with E-state index in [0.717, 1.165) is 0 Å². The Labute approximate surface area is 177 Å². The third kappa shape index (κ3) is 3.81. The maximum atomic E-state index is 14.1. The van der Waals surface area contributed by atoms with Crippen LogP contribution in [-0.2, 0) is 27.9 Å². The SMILES string of the molecule is CC(C)S(=O)(=O)Nc1ccc2c(N=O)c(O)n(Cc3cc(F)cc4c3OCOC4)c2c1. The molecule has 0 fully saturated rings. The monoisotopic (exact) mass is 449 g/mol. The van der Waals surface area contributed by atoms with Crippen molar-refractivity contribution < 1.29 is 27.4 Å². The molecule has 0 saturated carbocycles. The van der Waals surface area contributed by atoms with Crippen molar-refractivity contribution in [1.82, 2.24) is 4.57 Å². The first-order valence-corrected chi connectivity index (χ1v) is 11.0. The number of nitrogens with one attached hydrogen (secondary N) is 1. The van der Waals surface area contributed by atoms with Gasteiger partial charge in [-0.2, -0.15) is 0 Å². The van der Waals surface area contributed by atoms with E-state index in [1.165, 1.54) is 34.9 Å². The summed E-state index contributed by atoms with van der Waals surface area (Å²) in [6.07, 6.45) is 0. The molecule has 11 heteroatoms. The van der Waals surface area contributed by atoms with Crippen molar-refractivity contribution in [2.24, 2.45) is 5.18 Å². The number of halogens is 1. The lowest BCUT2D eigenvalue weighted by Crippen LogP contribution is -2.22. The van der Waals surface area contributed by atoms with Crippen LogP contribution in [0.2, 0.25) is 0 Å². The van der Waals surface area contributed by atoms with Crippen molar-refractivity contribution in [3.63, 3.8) is 0 Å². The van der Waals surface area contributed by atoms with E-state index in [4.69, 9.17) is 9.47 Å². The number of hydrogen-bond acceptors (Lipinski definition) is 7. The summed E-state index contributed by atoms with van der Waals surface area (Å²) in [4.78, 5) is 11.4. The highest BCUT2D eigenvalue weighted by atomic mass is 32.2. The molecule has 3 aromatic rings. The molecule has 1 aliphatic heterocycles. The molecule has 9 nitrogen and oxygen atoms in total. The zero-order valence-corrected chi connectivity index (χ0v) is 17.6. The molecule has 31 heavy (non-hydrogen) atoms. The fourth-order valence-corrected chi connectivity index (χ4v) is 4.15. The van der Waals surface area contributed by atoms with Gasteiger partial charge in [0, 0.05) is 16.5 Å². The molecule has 2 N–H and O–H groups in total. The number of hydrogen-bond donors (Lipinski definition) is 2. The van der Waals surface area contributed by atoms with Crippen LogP contribution in [0, 0.1) is 10.7 Å². The Kier molecular flexibility index (Phi) is 5.31. The molecule has 0 bridgehead atoms. The fourth-order valence-electron chi connectivity index (χ4n) is 3.46. The van der Waals surface area contributed by atoms with Gasteiger partial charge < -0.3 is 19.1 Å². The van der Waals surface area contributed by atoms with Crippen molar-refractivity contribution >= 4 is 32.3 Å². The van der Waals surface area contributed by atoms with Crippen LogP contribution in [0.15, 0.2) is 35.5 Å². The fraction of sp³-hybridized carbons (Fsp3) is 0.300. The van der Waals surface area contributed by atoms with Crippen LogP contribution in [-0.4, -0.2) is 30.1 Å². The van der Waals surface area contributed by atoms with Gasteiger partial charge in [-0.1, -0.05) is 0 Å². The highest BCUT2D eigenvalue weighted by Crippen LogP contribution is 2.41. The average molecular weight is 449 g/mol. The molecule has 0 aliphatic carbocycles. The normalized spacial score (nSPS) is 13.8. The molecule has 1 aliphatic rings. The summed E-state index contributed by atoms with van der Waals surface area (Å²) < 4.78 is 53.1. The third-order valence-electron chi connectivity index (χ3n) is 5.06. The predicted octanol–water partition coefficient (Wildman–Crippen LogP) is 3.95. The Morgan fingerprint density at radius 1 is 1.29 bits per heavy atom. The standard InChI is InChI=1S/C20H20FN3O6S/c1-11(2)31(27,28)23-15-3-4-16-17(7-15)24(20(25)18(16)22-26)8-12-5-14(21)6-13-9-29-10-30-19(12)13/h3-7,11,23,25H,8-10H2,1-2H3. The first kappa shape index (κ1) is 21.1. The number of fused-ring (bicyclic) bond motifs is 2. The Hall–Kier alpha value is -3.18. The lowest BCUT2D eigenvalue weighted by molar-refractivity contribution is -0.0173. The first-order valence-electron chi connectivity index (χ1n) is 9.43. The lowest BCUT2D eigenvalue weighted by atomic mass is 10.1. The van der Waals surface area contributed by atoms with Gasteiger partial charge in [-0.15, -0.1) is 4.91 Å². The Morgan fingerprint density at radius 2 is 2.06 bits per heavy atom. The number of ether oxygens (including phenoxy) is 2. The molecule has 0 atom stereocenters. The minimum absolute atomic E-state index is 0.00626. The van der Waals surface area contributed by atoms with Gasteiger partial charge in [-0.05, 0) is 49.4 Å². The third-order valence-corrected chi connectivity index (χ3v) is 6.82. The zero-order chi connectivity index (χ0) is 22.3. The molecular weight excluding hydrogens is 429 g/mol. The number of aromatic hydroxyl groups is 1. The van der Waals surface area contributed by atoms with Crippen LogP contribution in [0.25, 0.3) is 10.9 Å². The number of rotatable bonds is 6. The van der Waals surface area contributed by atoms with E-state index < -0.39 is 27.0 Å². The number of nitrogens with zero attached hydrogens (tertiary/aromatic N) is 2. The quantitative estimate of drug-likeness (QED) is 0.550. The van der Waals surface area contributed by atoms with Crippen molar-refractivity contribution in [1.29, 1.82) is 0 Å². The second-order valence-corrected chi connectivity index (χ2v) is 9.68. The van der Waals surface area contributed by atoms with Crippen LogP contribution in [0.4, 0.5) is 15.8 Å². The van der Waals surface area contributed by atoms with Gasteiger partial charge in [0.25, 0.3) is 0 Å². The maximum Gasteiger partial charge on any atom is 0.235 e. The van der Waals surface area contributed by atoms with Crippen LogP contribution in [0.3, 0.4) is 0 Å². The summed E-state index contributed by atoms with van der Waals surface area (Å²) in [6, 6.07) is 7.04. The average Bonchev–Trinajstić information content (AvgIpc) is 2.98. The van der Waals surface area contributed by atoms with E-state index >= 15 is 0 Å². The van der Waals surface area contributed by atoms with Crippen molar-refractivity contribution in [2.45, 2.75) is 32.2 Å². The molecule has 1 aromatic heterocycles. The minimum atomic E-state index is -3.61. The Bertz CT molecular complexity index is 1290. The van der Waals surface area contributed by atoms with E-state index in [0.29, 0.717) is 27.8 Å². The smallest absolute Gasteiger partial charge is 0.235 e. The lowest BCUT2D eigenvalue weighted by Gasteiger charge is -2.21. The van der Waals surface area contributed by atoms with Crippen LogP contribution in [0.1, 0.15) is 25.0 Å². The molecule has 0 amide bonds. The molecule has 0 radical (unpaired) electrons. The van der Waals surface area contributed by atoms with Crippen LogP contribution in [0.5, 0.6) is 11.6 Å². The molecule has 2 heterocycles. The first-order chi connectivity index (χ1) is 14.7. The van der Waals surface area contributed by atoms with Gasteiger partial charge in [0.1, 0.15) is 11.6 Å². The van der Waals surface area contributed by atoms with Gasteiger partial charge in [-0.25, -0.2) is 12.8 Å². The largest absolute Gasteiger partial charge is 0.493 e. The summed E-state index contributed by atoms with van der Waals surface area (Å²) in [5, 5.41) is 13.2. The number of sulfonamides is 1. The molecule has 2 aromatic carbocycles. The zero-order valence-electron chi connectivity index (χ0n) is 16.8. The number of aromatic nitrogens is 1. The Balaban J connectivity index is 1.84. The van der Waals surface area contributed by atoms with Gasteiger partial charge in [0.05, 0.1) is 29.6 Å². The molecule has 4 rings (SSSR count). The van der Waals surface area contributed by atoms with E-state index in [9.17, 15) is 22.8 Å². The highest BCUT2D eigenvalue weighted by molar-refractivity contribution is 7.93. The molecule has 0 spiro atoms. The number of benzene rings is 2. The van der Waals surface area contributed by atoms with Crippen molar-refractivity contribution in [3.05, 3.63) is 52.2 Å². The molecule has 164 valence electrons.